The number of hydrogen-bond donors (Lipinski definition) is 0. The smallest absolute Gasteiger partial charge is 0.246 e. The van der Waals surface area contributed by atoms with E-state index in [1.807, 2.05) is 30.1 Å². The van der Waals surface area contributed by atoms with Crippen LogP contribution in [0.1, 0.15) is 24.1 Å². The molecule has 1 unspecified atom stereocenters. The molecule has 1 aromatic heterocycles. The normalized spacial score (nSPS) is 18.1. The third-order valence-corrected chi connectivity index (χ3v) is 5.02. The highest BCUT2D eigenvalue weighted by Crippen LogP contribution is 2.16. The molecule has 0 bridgehead atoms. The molecule has 0 radical (unpaired) electrons. The van der Waals surface area contributed by atoms with Crippen molar-refractivity contribution in [3.05, 3.63) is 72.1 Å². The van der Waals surface area contributed by atoms with Gasteiger partial charge in [0.25, 0.3) is 0 Å². The largest absolute Gasteiger partial charge is 0.338 e. The minimum Gasteiger partial charge on any atom is -0.338 e. The second-order valence-corrected chi connectivity index (χ2v) is 6.87. The summed E-state index contributed by atoms with van der Waals surface area (Å²) in [4.78, 5) is 21.1. The lowest BCUT2D eigenvalue weighted by Gasteiger charge is -2.37. The lowest BCUT2D eigenvalue weighted by molar-refractivity contribution is -0.127. The van der Waals surface area contributed by atoms with Gasteiger partial charge >= 0.3 is 0 Å². The fourth-order valence-corrected chi connectivity index (χ4v) is 3.41. The van der Waals surface area contributed by atoms with Gasteiger partial charge in [0.1, 0.15) is 0 Å². The Balaban J connectivity index is 1.51. The van der Waals surface area contributed by atoms with Crippen LogP contribution in [0.25, 0.3) is 6.08 Å². The highest BCUT2D eigenvalue weighted by Gasteiger charge is 2.24. The van der Waals surface area contributed by atoms with Gasteiger partial charge in [0.05, 0.1) is 5.69 Å². The second kappa shape index (κ2) is 9.30. The van der Waals surface area contributed by atoms with Crippen molar-refractivity contribution in [1.82, 2.24) is 14.8 Å². The average Bonchev–Trinajstić information content (AvgIpc) is 2.71. The fourth-order valence-electron chi connectivity index (χ4n) is 3.41. The third-order valence-electron chi connectivity index (χ3n) is 5.02. The van der Waals surface area contributed by atoms with Crippen LogP contribution in [0.5, 0.6) is 0 Å². The summed E-state index contributed by atoms with van der Waals surface area (Å²) in [6.45, 7) is 3.12. The molecular weight excluding hydrogens is 322 g/mol. The number of likely N-dealkylation sites (N-methyl/N-ethyl adjacent to an activating group) is 1. The van der Waals surface area contributed by atoms with E-state index in [0.717, 1.165) is 44.6 Å². The van der Waals surface area contributed by atoms with Gasteiger partial charge in [-0.15, -0.1) is 0 Å². The fraction of sp³-hybridized carbons (Fsp3) is 0.364. The van der Waals surface area contributed by atoms with E-state index < -0.39 is 0 Å². The number of hydrogen-bond acceptors (Lipinski definition) is 3. The summed E-state index contributed by atoms with van der Waals surface area (Å²) in [6.07, 6.45) is 8.42. The van der Waals surface area contributed by atoms with Crippen molar-refractivity contribution in [1.29, 1.82) is 0 Å². The number of pyridine rings is 1. The monoisotopic (exact) mass is 349 g/mol. The van der Waals surface area contributed by atoms with Crippen LogP contribution in [0.2, 0.25) is 0 Å². The molecule has 0 aliphatic carbocycles. The van der Waals surface area contributed by atoms with E-state index >= 15 is 0 Å². The molecule has 0 spiro atoms. The number of aromatic nitrogens is 1. The van der Waals surface area contributed by atoms with E-state index in [0.29, 0.717) is 0 Å². The number of amides is 1. The van der Waals surface area contributed by atoms with Crippen LogP contribution in [0.15, 0.2) is 60.8 Å². The number of benzene rings is 1. The summed E-state index contributed by atoms with van der Waals surface area (Å²) in [7, 11) is 1.91. The van der Waals surface area contributed by atoms with Gasteiger partial charge in [-0.05, 0) is 49.6 Å². The summed E-state index contributed by atoms with van der Waals surface area (Å²) in [6, 6.07) is 16.6. The summed E-state index contributed by atoms with van der Waals surface area (Å²) >= 11 is 0. The Kier molecular flexibility index (Phi) is 6.56. The van der Waals surface area contributed by atoms with Crippen LogP contribution in [-0.2, 0) is 11.2 Å². The lowest BCUT2D eigenvalue weighted by Crippen LogP contribution is -2.48. The van der Waals surface area contributed by atoms with Crippen molar-refractivity contribution in [2.45, 2.75) is 25.3 Å². The molecule has 0 N–H and O–H groups in total. The number of carbonyl (C=O) groups is 1. The Morgan fingerprint density at radius 2 is 2.04 bits per heavy atom. The van der Waals surface area contributed by atoms with Crippen molar-refractivity contribution in [2.75, 3.05) is 26.7 Å². The molecule has 1 saturated heterocycles. The molecule has 136 valence electrons. The molecule has 2 aromatic rings. The van der Waals surface area contributed by atoms with E-state index in [2.05, 4.69) is 40.2 Å². The maximum Gasteiger partial charge on any atom is 0.246 e. The molecule has 4 nitrogen and oxygen atoms in total. The zero-order valence-corrected chi connectivity index (χ0v) is 15.4. The van der Waals surface area contributed by atoms with Gasteiger partial charge in [0.15, 0.2) is 0 Å². The Labute approximate surface area is 156 Å². The number of nitrogens with zero attached hydrogens (tertiary/aromatic N) is 3. The van der Waals surface area contributed by atoms with E-state index in [1.165, 1.54) is 5.56 Å². The quantitative estimate of drug-likeness (QED) is 0.751. The van der Waals surface area contributed by atoms with E-state index in [-0.39, 0.29) is 11.9 Å². The molecule has 3 rings (SSSR count). The van der Waals surface area contributed by atoms with Gasteiger partial charge in [0.2, 0.25) is 5.91 Å². The third kappa shape index (κ3) is 5.27. The predicted octanol–water partition coefficient (Wildman–Crippen LogP) is 3.26. The molecule has 1 amide bonds. The van der Waals surface area contributed by atoms with Crippen LogP contribution in [0, 0.1) is 0 Å². The molecule has 1 fully saturated rings. The average molecular weight is 349 g/mol. The minimum absolute atomic E-state index is 0.0468. The van der Waals surface area contributed by atoms with Gasteiger partial charge in [0, 0.05) is 38.5 Å². The van der Waals surface area contributed by atoms with Crippen molar-refractivity contribution in [2.24, 2.45) is 0 Å². The Hall–Kier alpha value is -2.46. The summed E-state index contributed by atoms with van der Waals surface area (Å²) in [5.41, 5.74) is 2.18. The van der Waals surface area contributed by atoms with E-state index in [1.54, 1.807) is 18.3 Å². The molecular formula is C22H27N3O. The molecule has 1 aliphatic heterocycles. The molecule has 4 heteroatoms. The summed E-state index contributed by atoms with van der Waals surface area (Å²) in [5, 5.41) is 0. The number of piperidine rings is 1. The van der Waals surface area contributed by atoms with Crippen LogP contribution in [0.4, 0.5) is 0 Å². The van der Waals surface area contributed by atoms with Crippen LogP contribution >= 0.6 is 0 Å². The van der Waals surface area contributed by atoms with Gasteiger partial charge in [-0.1, -0.05) is 36.4 Å². The van der Waals surface area contributed by atoms with Crippen molar-refractivity contribution >= 4 is 12.0 Å². The first-order valence-corrected chi connectivity index (χ1v) is 9.34. The number of likely N-dealkylation sites (tertiary alicyclic amines) is 1. The van der Waals surface area contributed by atoms with E-state index in [4.69, 9.17) is 0 Å². The molecule has 2 heterocycles. The molecule has 1 aromatic carbocycles. The summed E-state index contributed by atoms with van der Waals surface area (Å²) in [5.74, 6) is 0.0468. The van der Waals surface area contributed by atoms with Gasteiger partial charge < -0.3 is 9.80 Å². The van der Waals surface area contributed by atoms with Crippen molar-refractivity contribution in [3.63, 3.8) is 0 Å². The first-order valence-electron chi connectivity index (χ1n) is 9.34. The van der Waals surface area contributed by atoms with Crippen LogP contribution < -0.4 is 0 Å². The lowest BCUT2D eigenvalue weighted by atomic mass is 10.0. The second-order valence-electron chi connectivity index (χ2n) is 6.87. The highest BCUT2D eigenvalue weighted by molar-refractivity contribution is 5.91. The SMILES string of the molecule is CN(C(=O)C=Cc1ccccn1)C1CCCN(CCc2ccccc2)C1. The summed E-state index contributed by atoms with van der Waals surface area (Å²) < 4.78 is 0. The standard InChI is InChI=1S/C22H27N3O/c1-24(22(26)13-12-20-10-5-6-15-23-20)21-11-7-16-25(18-21)17-14-19-8-3-2-4-9-19/h2-6,8-10,12-13,15,21H,7,11,14,16-18H2,1H3. The number of carbonyl (C=O) groups excluding carboxylic acids is 1. The van der Waals surface area contributed by atoms with Gasteiger partial charge in [-0.25, -0.2) is 0 Å². The maximum absolute atomic E-state index is 12.5. The molecule has 26 heavy (non-hydrogen) atoms. The van der Waals surface area contributed by atoms with Gasteiger partial charge in [-0.2, -0.15) is 0 Å². The minimum atomic E-state index is 0.0468. The van der Waals surface area contributed by atoms with E-state index in [9.17, 15) is 4.79 Å². The Morgan fingerprint density at radius 3 is 2.81 bits per heavy atom. The van der Waals surface area contributed by atoms with Gasteiger partial charge in [-0.3, -0.25) is 9.78 Å². The zero-order chi connectivity index (χ0) is 18.2. The maximum atomic E-state index is 12.5. The van der Waals surface area contributed by atoms with Crippen molar-refractivity contribution < 1.29 is 4.79 Å². The zero-order valence-electron chi connectivity index (χ0n) is 15.4. The Bertz CT molecular complexity index is 715. The number of rotatable bonds is 6. The topological polar surface area (TPSA) is 36.4 Å². The van der Waals surface area contributed by atoms with Crippen LogP contribution in [0.3, 0.4) is 0 Å². The highest BCUT2D eigenvalue weighted by atomic mass is 16.2. The predicted molar refractivity (Wildman–Crippen MR) is 106 cm³/mol. The molecule has 1 aliphatic rings. The first kappa shape index (κ1) is 18.3. The van der Waals surface area contributed by atoms with Crippen molar-refractivity contribution in [3.8, 4) is 0 Å². The van der Waals surface area contributed by atoms with Crippen LogP contribution in [-0.4, -0.2) is 53.4 Å². The first-order chi connectivity index (χ1) is 12.7. The molecule has 1 atom stereocenters. The Morgan fingerprint density at radius 1 is 1.23 bits per heavy atom. The molecule has 0 saturated carbocycles.